The number of ether oxygens (including phenoxy) is 1. The zero-order valence-corrected chi connectivity index (χ0v) is 14.3. The fourth-order valence-corrected chi connectivity index (χ4v) is 3.91. The maximum Gasteiger partial charge on any atom is 0.319 e. The molecule has 1 aromatic carbocycles. The summed E-state index contributed by atoms with van der Waals surface area (Å²) in [5.74, 6) is 1.00. The maximum absolute atomic E-state index is 12.4. The van der Waals surface area contributed by atoms with E-state index in [0.717, 1.165) is 49.2 Å². The fraction of sp³-hybridized carbons (Fsp3) is 0.474. The third-order valence-corrected chi connectivity index (χ3v) is 5.08. The van der Waals surface area contributed by atoms with Crippen molar-refractivity contribution in [3.8, 4) is 11.5 Å². The van der Waals surface area contributed by atoms with E-state index >= 15 is 0 Å². The Labute approximate surface area is 147 Å². The molecule has 0 unspecified atom stereocenters. The van der Waals surface area contributed by atoms with Crippen LogP contribution in [0.5, 0.6) is 0 Å². The van der Waals surface area contributed by atoms with Crippen molar-refractivity contribution in [1.29, 1.82) is 0 Å². The van der Waals surface area contributed by atoms with Crippen LogP contribution in [0.25, 0.3) is 11.5 Å². The van der Waals surface area contributed by atoms with E-state index in [1.807, 2.05) is 31.2 Å². The average molecular weight is 341 g/mol. The fourth-order valence-electron chi connectivity index (χ4n) is 3.91. The summed E-state index contributed by atoms with van der Waals surface area (Å²) in [6, 6.07) is 7.55. The van der Waals surface area contributed by atoms with Gasteiger partial charge in [-0.2, -0.15) is 0 Å². The second kappa shape index (κ2) is 6.88. The molecule has 2 aromatic rings. The van der Waals surface area contributed by atoms with Gasteiger partial charge in [-0.1, -0.05) is 6.07 Å². The lowest BCUT2D eigenvalue weighted by Gasteiger charge is -2.33. The van der Waals surface area contributed by atoms with Crippen LogP contribution in [-0.2, 0) is 4.74 Å². The molecule has 1 aromatic heterocycles. The lowest BCUT2D eigenvalue weighted by Crippen LogP contribution is -2.47. The summed E-state index contributed by atoms with van der Waals surface area (Å²) < 4.78 is 11.2. The minimum absolute atomic E-state index is 0.168. The number of amides is 2. The average Bonchev–Trinajstić information content (AvgIpc) is 3.24. The molecule has 25 heavy (non-hydrogen) atoms. The van der Waals surface area contributed by atoms with Crippen LogP contribution in [0.3, 0.4) is 0 Å². The molecule has 132 valence electrons. The molecule has 6 nitrogen and oxygen atoms in total. The summed E-state index contributed by atoms with van der Waals surface area (Å²) in [7, 11) is 0. The number of hydrogen-bond acceptors (Lipinski definition) is 4. The molecule has 2 heterocycles. The zero-order chi connectivity index (χ0) is 17.2. The van der Waals surface area contributed by atoms with E-state index in [1.165, 1.54) is 0 Å². The molecule has 2 aliphatic rings. The van der Waals surface area contributed by atoms with Crippen molar-refractivity contribution in [2.24, 2.45) is 5.92 Å². The Morgan fingerprint density at radius 2 is 2.20 bits per heavy atom. The molecule has 3 atom stereocenters. The number of nitrogens with zero attached hydrogens (tertiary/aromatic N) is 1. The van der Waals surface area contributed by atoms with Gasteiger partial charge >= 0.3 is 6.03 Å². The number of oxazole rings is 1. The molecule has 4 rings (SSSR count). The minimum Gasteiger partial charge on any atom is -0.444 e. The van der Waals surface area contributed by atoms with Gasteiger partial charge < -0.3 is 19.8 Å². The van der Waals surface area contributed by atoms with Crippen molar-refractivity contribution < 1.29 is 13.9 Å². The van der Waals surface area contributed by atoms with Gasteiger partial charge in [0.2, 0.25) is 5.89 Å². The third kappa shape index (κ3) is 3.54. The first kappa shape index (κ1) is 16.1. The monoisotopic (exact) mass is 341 g/mol. The van der Waals surface area contributed by atoms with Crippen molar-refractivity contribution >= 4 is 11.7 Å². The minimum atomic E-state index is -0.168. The Kier molecular flexibility index (Phi) is 4.44. The second-order valence-electron chi connectivity index (χ2n) is 6.87. The van der Waals surface area contributed by atoms with E-state index in [4.69, 9.17) is 9.15 Å². The standard InChI is InChI=1S/C19H23N3O3/c1-12-11-25-18(20-12)13-4-2-5-14(10-13)21-19(23)22-16-6-3-7-17-15(16)8-9-24-17/h2,4-5,10-11,15-17H,3,6-9H2,1H3,(H2,21,22,23)/t15-,16-,17+/m1/s1. The molecule has 0 radical (unpaired) electrons. The first-order valence-corrected chi connectivity index (χ1v) is 8.91. The van der Waals surface area contributed by atoms with E-state index in [2.05, 4.69) is 15.6 Å². The molecule has 6 heteroatoms. The number of carbonyl (C=O) groups is 1. The van der Waals surface area contributed by atoms with E-state index in [0.29, 0.717) is 17.9 Å². The van der Waals surface area contributed by atoms with Crippen LogP contribution in [0, 0.1) is 12.8 Å². The summed E-state index contributed by atoms with van der Waals surface area (Å²) in [4.78, 5) is 16.7. The van der Waals surface area contributed by atoms with Gasteiger partial charge in [-0.25, -0.2) is 9.78 Å². The second-order valence-corrected chi connectivity index (χ2v) is 6.87. The molecule has 1 aliphatic heterocycles. The summed E-state index contributed by atoms with van der Waals surface area (Å²) in [6.45, 7) is 2.69. The smallest absolute Gasteiger partial charge is 0.319 e. The quantitative estimate of drug-likeness (QED) is 0.892. The molecule has 2 amide bonds. The highest BCUT2D eigenvalue weighted by molar-refractivity contribution is 5.90. The summed E-state index contributed by atoms with van der Waals surface area (Å²) in [5.41, 5.74) is 2.39. The molecular weight excluding hydrogens is 318 g/mol. The highest BCUT2D eigenvalue weighted by Crippen LogP contribution is 2.34. The topological polar surface area (TPSA) is 76.4 Å². The number of rotatable bonds is 3. The van der Waals surface area contributed by atoms with Gasteiger partial charge in [-0.3, -0.25) is 0 Å². The molecule has 1 aliphatic carbocycles. The van der Waals surface area contributed by atoms with Gasteiger partial charge in [-0.05, 0) is 50.8 Å². The number of carbonyl (C=O) groups excluding carboxylic acids is 1. The van der Waals surface area contributed by atoms with Gasteiger partial charge in [0.15, 0.2) is 0 Å². The predicted octanol–water partition coefficient (Wildman–Crippen LogP) is 3.73. The Morgan fingerprint density at radius 1 is 1.28 bits per heavy atom. The number of benzene rings is 1. The van der Waals surface area contributed by atoms with Crippen molar-refractivity contribution in [2.75, 3.05) is 11.9 Å². The summed E-state index contributed by atoms with van der Waals surface area (Å²) >= 11 is 0. The van der Waals surface area contributed by atoms with Crippen LogP contribution in [0.2, 0.25) is 0 Å². The normalized spacial score (nSPS) is 25.4. The summed E-state index contributed by atoms with van der Waals surface area (Å²) in [6.07, 6.45) is 6.20. The molecule has 2 fully saturated rings. The number of aromatic nitrogens is 1. The number of anilines is 1. The number of urea groups is 1. The molecule has 1 saturated carbocycles. The van der Waals surface area contributed by atoms with Crippen LogP contribution in [-0.4, -0.2) is 29.8 Å². The van der Waals surface area contributed by atoms with Crippen molar-refractivity contribution in [1.82, 2.24) is 10.3 Å². The lowest BCUT2D eigenvalue weighted by atomic mass is 9.82. The summed E-state index contributed by atoms with van der Waals surface area (Å²) in [5, 5.41) is 6.06. The third-order valence-electron chi connectivity index (χ3n) is 5.08. The SMILES string of the molecule is Cc1coc(-c2cccc(NC(=O)N[C@@H]3CCC[C@@H]4OCC[C@@H]43)c2)n1. The van der Waals surface area contributed by atoms with Crippen molar-refractivity contribution in [2.45, 2.75) is 44.8 Å². The van der Waals surface area contributed by atoms with E-state index in [-0.39, 0.29) is 12.1 Å². The molecule has 0 bridgehead atoms. The Bertz CT molecular complexity index is 758. The first-order chi connectivity index (χ1) is 12.2. The Balaban J connectivity index is 1.41. The van der Waals surface area contributed by atoms with Crippen LogP contribution in [0.15, 0.2) is 34.9 Å². The lowest BCUT2D eigenvalue weighted by molar-refractivity contribution is 0.0553. The van der Waals surface area contributed by atoms with E-state index < -0.39 is 0 Å². The number of nitrogens with one attached hydrogen (secondary N) is 2. The number of hydrogen-bond donors (Lipinski definition) is 2. The van der Waals surface area contributed by atoms with Gasteiger partial charge in [0.1, 0.15) is 6.26 Å². The van der Waals surface area contributed by atoms with Crippen LogP contribution >= 0.6 is 0 Å². The predicted molar refractivity (Wildman–Crippen MR) is 94.3 cm³/mol. The highest BCUT2D eigenvalue weighted by Gasteiger charge is 2.38. The van der Waals surface area contributed by atoms with Crippen LogP contribution < -0.4 is 10.6 Å². The van der Waals surface area contributed by atoms with Gasteiger partial charge in [0.25, 0.3) is 0 Å². The zero-order valence-electron chi connectivity index (χ0n) is 14.3. The van der Waals surface area contributed by atoms with E-state index in [9.17, 15) is 4.79 Å². The molecular formula is C19H23N3O3. The van der Waals surface area contributed by atoms with Gasteiger partial charge in [0, 0.05) is 29.8 Å². The molecule has 2 N–H and O–H groups in total. The first-order valence-electron chi connectivity index (χ1n) is 8.91. The largest absolute Gasteiger partial charge is 0.444 e. The van der Waals surface area contributed by atoms with Crippen molar-refractivity contribution in [3.05, 3.63) is 36.2 Å². The number of fused-ring (bicyclic) bond motifs is 1. The molecule has 0 spiro atoms. The van der Waals surface area contributed by atoms with E-state index in [1.54, 1.807) is 6.26 Å². The Hall–Kier alpha value is -2.34. The highest BCUT2D eigenvalue weighted by atomic mass is 16.5. The van der Waals surface area contributed by atoms with Crippen LogP contribution in [0.4, 0.5) is 10.5 Å². The van der Waals surface area contributed by atoms with Gasteiger partial charge in [-0.15, -0.1) is 0 Å². The maximum atomic E-state index is 12.4. The van der Waals surface area contributed by atoms with Gasteiger partial charge in [0.05, 0.1) is 11.8 Å². The Morgan fingerprint density at radius 3 is 3.04 bits per heavy atom. The van der Waals surface area contributed by atoms with Crippen LogP contribution in [0.1, 0.15) is 31.4 Å². The number of aryl methyl sites for hydroxylation is 1. The van der Waals surface area contributed by atoms with Crippen molar-refractivity contribution in [3.63, 3.8) is 0 Å². The molecule has 1 saturated heterocycles.